The first-order chi connectivity index (χ1) is 17.3. The summed E-state index contributed by atoms with van der Waals surface area (Å²) in [6.45, 7) is 7.91. The lowest BCUT2D eigenvalue weighted by Gasteiger charge is -2.23. The number of hydrogen-bond donors (Lipinski definition) is 1. The molecule has 1 aliphatic heterocycles. The van der Waals surface area contributed by atoms with Gasteiger partial charge in [0.05, 0.1) is 59.2 Å². The largest absolute Gasteiger partial charge is 0.378 e. The van der Waals surface area contributed by atoms with Crippen molar-refractivity contribution in [1.29, 1.82) is 0 Å². The lowest BCUT2D eigenvalue weighted by Crippen LogP contribution is -2.33. The fourth-order valence-corrected chi connectivity index (χ4v) is 4.03. The molecule has 0 saturated carbocycles. The standard InChI is InChI=1S/C24H33ClN6O4/c25-23-22-21(27-19-31(22)18-20-4-2-1-3-5-20)24(29-28-23)30-8-12-34-16-14-32-10-6-26-7-11-33-15-17-35-13-9-30/h1-5,19,26H,6-18H2. The summed E-state index contributed by atoms with van der Waals surface area (Å²) in [6.07, 6.45) is 1.79. The van der Waals surface area contributed by atoms with Gasteiger partial charge < -0.3 is 33.7 Å². The van der Waals surface area contributed by atoms with Crippen LogP contribution < -0.4 is 10.2 Å². The van der Waals surface area contributed by atoms with Gasteiger partial charge in [-0.1, -0.05) is 41.9 Å². The first-order valence-electron chi connectivity index (χ1n) is 12.0. The van der Waals surface area contributed by atoms with E-state index < -0.39 is 0 Å². The lowest BCUT2D eigenvalue weighted by atomic mass is 10.2. The topological polar surface area (TPSA) is 95.8 Å². The van der Waals surface area contributed by atoms with Crippen LogP contribution in [-0.4, -0.2) is 98.8 Å². The average Bonchev–Trinajstić information content (AvgIpc) is 3.29. The Kier molecular flexibility index (Phi) is 10.5. The second-order valence-corrected chi connectivity index (χ2v) is 8.41. The van der Waals surface area contributed by atoms with Gasteiger partial charge in [0, 0.05) is 32.7 Å². The zero-order valence-corrected chi connectivity index (χ0v) is 20.7. The third kappa shape index (κ3) is 7.83. The van der Waals surface area contributed by atoms with Gasteiger partial charge in [0.15, 0.2) is 11.0 Å². The summed E-state index contributed by atoms with van der Waals surface area (Å²) in [5, 5.41) is 12.3. The van der Waals surface area contributed by atoms with Crippen LogP contribution >= 0.6 is 11.6 Å². The van der Waals surface area contributed by atoms with Gasteiger partial charge in [-0.3, -0.25) is 0 Å². The highest BCUT2D eigenvalue weighted by molar-refractivity contribution is 6.33. The molecule has 1 fully saturated rings. The highest BCUT2D eigenvalue weighted by atomic mass is 35.5. The summed E-state index contributed by atoms with van der Waals surface area (Å²) in [7, 11) is 0. The number of ether oxygens (including phenoxy) is 4. The molecule has 1 N–H and O–H groups in total. The maximum atomic E-state index is 6.48. The molecule has 2 aromatic heterocycles. The maximum Gasteiger partial charge on any atom is 0.179 e. The predicted molar refractivity (Wildman–Crippen MR) is 134 cm³/mol. The summed E-state index contributed by atoms with van der Waals surface area (Å²) in [5.74, 6) is 0.663. The molecule has 3 heterocycles. The van der Waals surface area contributed by atoms with Crippen LogP contribution in [0.1, 0.15) is 5.56 Å². The molecule has 190 valence electrons. The molecule has 4 rings (SSSR count). The predicted octanol–water partition coefficient (Wildman–Crippen LogP) is 2.00. The number of benzene rings is 1. The first kappa shape index (κ1) is 25.7. The number of anilines is 1. The number of nitrogens with one attached hydrogen (secondary N) is 1. The molecule has 1 saturated heterocycles. The number of imidazole rings is 1. The van der Waals surface area contributed by atoms with Crippen molar-refractivity contribution >= 4 is 28.5 Å². The Bertz CT molecular complexity index is 1000. The molecule has 0 radical (unpaired) electrons. The summed E-state index contributed by atoms with van der Waals surface area (Å²) in [4.78, 5) is 6.74. The molecule has 1 aromatic carbocycles. The van der Waals surface area contributed by atoms with E-state index in [9.17, 15) is 0 Å². The molecule has 3 aromatic rings. The fourth-order valence-electron chi connectivity index (χ4n) is 3.79. The van der Waals surface area contributed by atoms with Crippen LogP contribution in [0.4, 0.5) is 5.82 Å². The third-order valence-corrected chi connectivity index (χ3v) is 5.83. The van der Waals surface area contributed by atoms with E-state index in [-0.39, 0.29) is 0 Å². The zero-order valence-electron chi connectivity index (χ0n) is 19.9. The molecule has 1 aliphatic rings. The minimum atomic E-state index is 0.329. The smallest absolute Gasteiger partial charge is 0.179 e. The minimum absolute atomic E-state index is 0.329. The van der Waals surface area contributed by atoms with Gasteiger partial charge in [0.1, 0.15) is 11.0 Å². The second kappa shape index (κ2) is 14.3. The monoisotopic (exact) mass is 504 g/mol. The van der Waals surface area contributed by atoms with E-state index in [0.717, 1.165) is 24.2 Å². The molecule has 0 atom stereocenters. The minimum Gasteiger partial charge on any atom is -0.378 e. The van der Waals surface area contributed by atoms with Crippen LogP contribution in [0.15, 0.2) is 36.7 Å². The van der Waals surface area contributed by atoms with E-state index in [1.807, 2.05) is 22.8 Å². The van der Waals surface area contributed by atoms with Crippen LogP contribution in [0.3, 0.4) is 0 Å². The normalized spacial score (nSPS) is 18.3. The molecular weight excluding hydrogens is 472 g/mol. The van der Waals surface area contributed by atoms with E-state index in [4.69, 9.17) is 30.5 Å². The number of nitrogens with zero attached hydrogens (tertiary/aromatic N) is 5. The number of hydrogen-bond acceptors (Lipinski definition) is 9. The van der Waals surface area contributed by atoms with Crippen LogP contribution in [-0.2, 0) is 25.5 Å². The van der Waals surface area contributed by atoms with Crippen LogP contribution in [0.5, 0.6) is 0 Å². The second-order valence-electron chi connectivity index (χ2n) is 8.06. The van der Waals surface area contributed by atoms with Crippen LogP contribution in [0, 0.1) is 0 Å². The summed E-state index contributed by atoms with van der Waals surface area (Å²) in [5.41, 5.74) is 2.62. The summed E-state index contributed by atoms with van der Waals surface area (Å²) in [6, 6.07) is 10.2. The van der Waals surface area contributed by atoms with Crippen molar-refractivity contribution in [2.24, 2.45) is 0 Å². The molecular formula is C24H33ClN6O4. The van der Waals surface area contributed by atoms with Crippen molar-refractivity contribution in [2.75, 3.05) is 83.9 Å². The highest BCUT2D eigenvalue weighted by Gasteiger charge is 2.19. The fraction of sp³-hybridized carbons (Fsp3) is 0.542. The van der Waals surface area contributed by atoms with E-state index in [2.05, 4.69) is 37.5 Å². The van der Waals surface area contributed by atoms with Crippen molar-refractivity contribution < 1.29 is 18.9 Å². The van der Waals surface area contributed by atoms with Gasteiger partial charge >= 0.3 is 0 Å². The summed E-state index contributed by atoms with van der Waals surface area (Å²) < 4.78 is 24.8. The van der Waals surface area contributed by atoms with Gasteiger partial charge in [-0.05, 0) is 5.56 Å². The summed E-state index contributed by atoms with van der Waals surface area (Å²) >= 11 is 6.48. The number of rotatable bonds is 3. The van der Waals surface area contributed by atoms with Crippen molar-refractivity contribution in [3.63, 3.8) is 0 Å². The molecule has 10 nitrogen and oxygen atoms in total. The average molecular weight is 505 g/mol. The van der Waals surface area contributed by atoms with Gasteiger partial charge in [0.25, 0.3) is 0 Å². The quantitative estimate of drug-likeness (QED) is 0.574. The van der Waals surface area contributed by atoms with Crippen molar-refractivity contribution in [3.05, 3.63) is 47.4 Å². The number of halogens is 1. The Morgan fingerprint density at radius 2 is 1.43 bits per heavy atom. The third-order valence-electron chi connectivity index (χ3n) is 5.57. The van der Waals surface area contributed by atoms with E-state index in [0.29, 0.717) is 89.0 Å². The van der Waals surface area contributed by atoms with Crippen molar-refractivity contribution in [3.8, 4) is 0 Å². The van der Waals surface area contributed by atoms with E-state index in [1.165, 1.54) is 0 Å². The van der Waals surface area contributed by atoms with Crippen molar-refractivity contribution in [2.45, 2.75) is 6.54 Å². The van der Waals surface area contributed by atoms with Gasteiger partial charge in [-0.25, -0.2) is 4.98 Å². The van der Waals surface area contributed by atoms with Crippen LogP contribution in [0.25, 0.3) is 11.0 Å². The maximum absolute atomic E-state index is 6.48. The molecule has 11 heteroatoms. The van der Waals surface area contributed by atoms with Crippen LogP contribution in [0.2, 0.25) is 5.15 Å². The van der Waals surface area contributed by atoms with Gasteiger partial charge in [0.2, 0.25) is 0 Å². The van der Waals surface area contributed by atoms with Crippen molar-refractivity contribution in [1.82, 2.24) is 25.1 Å². The van der Waals surface area contributed by atoms with Gasteiger partial charge in [-0.2, -0.15) is 0 Å². The molecule has 0 unspecified atom stereocenters. The zero-order chi connectivity index (χ0) is 24.1. The Hall–Kier alpha value is -2.34. The Balaban J connectivity index is 1.47. The SMILES string of the molecule is Clc1nnc(N2CCOCCOCCNCCOCCOCC2)c2ncn(Cc3ccccc3)c12. The molecule has 35 heavy (non-hydrogen) atoms. The van der Waals surface area contributed by atoms with Gasteiger partial charge in [-0.15, -0.1) is 10.2 Å². The lowest BCUT2D eigenvalue weighted by molar-refractivity contribution is 0.0408. The Morgan fingerprint density at radius 1 is 0.800 bits per heavy atom. The molecule has 0 aliphatic carbocycles. The highest BCUT2D eigenvalue weighted by Crippen LogP contribution is 2.28. The first-order valence-corrected chi connectivity index (χ1v) is 12.4. The molecule has 0 amide bonds. The van der Waals surface area contributed by atoms with E-state index >= 15 is 0 Å². The Labute approximate surface area is 210 Å². The molecule has 0 bridgehead atoms. The number of aromatic nitrogens is 4. The van der Waals surface area contributed by atoms with E-state index in [1.54, 1.807) is 6.33 Å². The molecule has 0 spiro atoms. The Morgan fingerprint density at radius 3 is 2.09 bits per heavy atom. The number of fused-ring (bicyclic) bond motifs is 1.